The van der Waals surface area contributed by atoms with Gasteiger partial charge in [-0.05, 0) is 25.1 Å². The van der Waals surface area contributed by atoms with Crippen LogP contribution in [0.3, 0.4) is 0 Å². The van der Waals surface area contributed by atoms with Gasteiger partial charge in [-0.25, -0.2) is 0 Å². The van der Waals surface area contributed by atoms with E-state index in [4.69, 9.17) is 9.47 Å². The Balaban J connectivity index is 1.65. The van der Waals surface area contributed by atoms with Crippen LogP contribution in [0.5, 0.6) is 11.5 Å². The second-order valence-electron chi connectivity index (χ2n) is 5.41. The van der Waals surface area contributed by atoms with Crippen LogP contribution in [-0.4, -0.2) is 30.1 Å². The SMILES string of the molecule is Cc1c(C(=O)NC[C@H]2COc3ccccc3O2)cccc1[N+](=O)[O-]. The number of nitro benzene ring substituents is 1. The number of fused-ring (bicyclic) bond motifs is 1. The second kappa shape index (κ2) is 6.57. The zero-order chi connectivity index (χ0) is 17.1. The summed E-state index contributed by atoms with van der Waals surface area (Å²) < 4.78 is 11.3. The summed E-state index contributed by atoms with van der Waals surface area (Å²) in [4.78, 5) is 22.8. The largest absolute Gasteiger partial charge is 0.486 e. The molecule has 1 aliphatic heterocycles. The standard InChI is InChI=1S/C17H16N2O5/c1-11-13(5-4-6-14(11)19(21)22)17(20)18-9-12-10-23-15-7-2-3-8-16(15)24-12/h2-8,12H,9-10H2,1H3,(H,18,20)/t12-/m0/s1. The molecule has 3 rings (SSSR count). The molecule has 0 aromatic heterocycles. The predicted molar refractivity (Wildman–Crippen MR) is 86.5 cm³/mol. The van der Waals surface area contributed by atoms with E-state index in [2.05, 4.69) is 5.32 Å². The summed E-state index contributed by atoms with van der Waals surface area (Å²) in [6, 6.07) is 11.7. The van der Waals surface area contributed by atoms with Crippen LogP contribution in [0.25, 0.3) is 0 Å². The van der Waals surface area contributed by atoms with Crippen molar-refractivity contribution in [3.8, 4) is 11.5 Å². The van der Waals surface area contributed by atoms with Crippen molar-refractivity contribution in [2.45, 2.75) is 13.0 Å². The maximum Gasteiger partial charge on any atom is 0.273 e. The smallest absolute Gasteiger partial charge is 0.273 e. The summed E-state index contributed by atoms with van der Waals surface area (Å²) in [7, 11) is 0. The van der Waals surface area contributed by atoms with E-state index >= 15 is 0 Å². The molecule has 1 aliphatic rings. The van der Waals surface area contributed by atoms with E-state index < -0.39 is 4.92 Å². The topological polar surface area (TPSA) is 90.7 Å². The van der Waals surface area contributed by atoms with Crippen molar-refractivity contribution in [2.75, 3.05) is 13.2 Å². The molecular weight excluding hydrogens is 312 g/mol. The van der Waals surface area contributed by atoms with E-state index in [1.807, 2.05) is 18.2 Å². The van der Waals surface area contributed by atoms with Crippen LogP contribution in [0.4, 0.5) is 5.69 Å². The van der Waals surface area contributed by atoms with Gasteiger partial charge in [-0.1, -0.05) is 18.2 Å². The monoisotopic (exact) mass is 328 g/mol. The van der Waals surface area contributed by atoms with E-state index in [0.717, 1.165) is 0 Å². The van der Waals surface area contributed by atoms with Crippen molar-refractivity contribution in [2.24, 2.45) is 0 Å². The summed E-state index contributed by atoms with van der Waals surface area (Å²) in [6.45, 7) is 2.13. The minimum absolute atomic E-state index is 0.0752. The molecule has 24 heavy (non-hydrogen) atoms. The first-order valence-corrected chi connectivity index (χ1v) is 7.47. The number of carbonyl (C=O) groups excluding carboxylic acids is 1. The highest BCUT2D eigenvalue weighted by atomic mass is 16.6. The van der Waals surface area contributed by atoms with Gasteiger partial charge in [0, 0.05) is 17.2 Å². The molecule has 7 heteroatoms. The lowest BCUT2D eigenvalue weighted by atomic mass is 10.1. The highest BCUT2D eigenvalue weighted by molar-refractivity contribution is 5.96. The minimum atomic E-state index is -0.499. The number of hydrogen-bond donors (Lipinski definition) is 1. The van der Waals surface area contributed by atoms with Gasteiger partial charge in [0.25, 0.3) is 11.6 Å². The summed E-state index contributed by atoms with van der Waals surface area (Å²) >= 11 is 0. The van der Waals surface area contributed by atoms with Gasteiger partial charge in [0.05, 0.1) is 11.5 Å². The lowest BCUT2D eigenvalue weighted by molar-refractivity contribution is -0.385. The Morgan fingerprint density at radius 1 is 1.25 bits per heavy atom. The molecule has 1 heterocycles. The zero-order valence-electron chi connectivity index (χ0n) is 13.0. The molecular formula is C17H16N2O5. The quantitative estimate of drug-likeness (QED) is 0.688. The summed E-state index contributed by atoms with van der Waals surface area (Å²) in [6.07, 6.45) is -0.317. The Hall–Kier alpha value is -3.09. The van der Waals surface area contributed by atoms with Gasteiger partial charge in [-0.3, -0.25) is 14.9 Å². The third-order valence-electron chi connectivity index (χ3n) is 3.80. The molecule has 7 nitrogen and oxygen atoms in total. The molecule has 1 amide bonds. The van der Waals surface area contributed by atoms with Gasteiger partial charge >= 0.3 is 0 Å². The number of nitrogens with one attached hydrogen (secondary N) is 1. The maximum absolute atomic E-state index is 12.3. The highest BCUT2D eigenvalue weighted by Crippen LogP contribution is 2.30. The maximum atomic E-state index is 12.3. The van der Waals surface area contributed by atoms with Crippen LogP contribution in [-0.2, 0) is 0 Å². The Labute approximate surface area is 138 Å². The van der Waals surface area contributed by atoms with Gasteiger partial charge in [0.15, 0.2) is 11.5 Å². The molecule has 1 atom stereocenters. The van der Waals surface area contributed by atoms with E-state index in [1.165, 1.54) is 12.1 Å². The first-order chi connectivity index (χ1) is 11.6. The Morgan fingerprint density at radius 2 is 2.00 bits per heavy atom. The predicted octanol–water partition coefficient (Wildman–Crippen LogP) is 2.47. The van der Waals surface area contributed by atoms with E-state index in [-0.39, 0.29) is 29.8 Å². The molecule has 0 fully saturated rings. The van der Waals surface area contributed by atoms with Crippen LogP contribution < -0.4 is 14.8 Å². The molecule has 0 saturated carbocycles. The molecule has 124 valence electrons. The van der Waals surface area contributed by atoms with Crippen molar-refractivity contribution in [1.29, 1.82) is 0 Å². The number of benzene rings is 2. The minimum Gasteiger partial charge on any atom is -0.486 e. The normalized spacial score (nSPS) is 15.6. The number of rotatable bonds is 4. The third-order valence-corrected chi connectivity index (χ3v) is 3.80. The van der Waals surface area contributed by atoms with Crippen molar-refractivity contribution in [3.63, 3.8) is 0 Å². The molecule has 0 unspecified atom stereocenters. The Bertz CT molecular complexity index is 790. The summed E-state index contributed by atoms with van der Waals surface area (Å²) in [5.74, 6) is 0.933. The number of nitrogens with zero attached hydrogens (tertiary/aromatic N) is 1. The number of para-hydroxylation sites is 2. The van der Waals surface area contributed by atoms with E-state index in [9.17, 15) is 14.9 Å². The molecule has 1 N–H and O–H groups in total. The van der Waals surface area contributed by atoms with Crippen LogP contribution >= 0.6 is 0 Å². The number of amides is 1. The first kappa shape index (κ1) is 15.8. The molecule has 0 spiro atoms. The molecule has 0 saturated heterocycles. The van der Waals surface area contributed by atoms with Crippen LogP contribution in [0.15, 0.2) is 42.5 Å². The average molecular weight is 328 g/mol. The third kappa shape index (κ3) is 3.15. The van der Waals surface area contributed by atoms with Gasteiger partial charge in [0.1, 0.15) is 12.7 Å². The van der Waals surface area contributed by atoms with Gasteiger partial charge in [0.2, 0.25) is 0 Å². The lowest BCUT2D eigenvalue weighted by Crippen LogP contribution is -2.40. The van der Waals surface area contributed by atoms with Crippen molar-refractivity contribution < 1.29 is 19.2 Å². The Kier molecular flexibility index (Phi) is 4.33. The van der Waals surface area contributed by atoms with Crippen LogP contribution in [0, 0.1) is 17.0 Å². The van der Waals surface area contributed by atoms with E-state index in [0.29, 0.717) is 23.7 Å². The fraction of sp³-hybridized carbons (Fsp3) is 0.235. The summed E-state index contributed by atoms with van der Waals surface area (Å²) in [5.41, 5.74) is 0.543. The number of carbonyl (C=O) groups is 1. The van der Waals surface area contributed by atoms with Crippen molar-refractivity contribution >= 4 is 11.6 Å². The second-order valence-corrected chi connectivity index (χ2v) is 5.41. The number of hydrogen-bond acceptors (Lipinski definition) is 5. The first-order valence-electron chi connectivity index (χ1n) is 7.47. The lowest BCUT2D eigenvalue weighted by Gasteiger charge is -2.26. The highest BCUT2D eigenvalue weighted by Gasteiger charge is 2.23. The average Bonchev–Trinajstić information content (AvgIpc) is 2.59. The summed E-state index contributed by atoms with van der Waals surface area (Å²) in [5, 5.41) is 13.7. The van der Waals surface area contributed by atoms with Crippen molar-refractivity contribution in [1.82, 2.24) is 5.32 Å². The molecule has 2 aromatic rings. The van der Waals surface area contributed by atoms with E-state index in [1.54, 1.807) is 19.1 Å². The van der Waals surface area contributed by atoms with Crippen LogP contribution in [0.1, 0.15) is 15.9 Å². The fourth-order valence-electron chi connectivity index (χ4n) is 2.53. The van der Waals surface area contributed by atoms with Gasteiger partial charge in [-0.15, -0.1) is 0 Å². The van der Waals surface area contributed by atoms with Crippen LogP contribution in [0.2, 0.25) is 0 Å². The molecule has 0 bridgehead atoms. The Morgan fingerprint density at radius 3 is 2.75 bits per heavy atom. The molecule has 2 aromatic carbocycles. The molecule has 0 radical (unpaired) electrons. The number of nitro groups is 1. The van der Waals surface area contributed by atoms with Crippen molar-refractivity contribution in [3.05, 3.63) is 63.7 Å². The number of ether oxygens (including phenoxy) is 2. The fourth-order valence-corrected chi connectivity index (χ4v) is 2.53. The van der Waals surface area contributed by atoms with Gasteiger partial charge in [-0.2, -0.15) is 0 Å². The molecule has 0 aliphatic carbocycles. The van der Waals surface area contributed by atoms with Gasteiger partial charge < -0.3 is 14.8 Å². The zero-order valence-corrected chi connectivity index (χ0v) is 13.0.